The van der Waals surface area contributed by atoms with Crippen LogP contribution in [0.25, 0.3) is 0 Å². The maximum absolute atomic E-state index is 13.1. The molecule has 0 rings (SSSR count). The highest BCUT2D eigenvalue weighted by atomic mass is 31.2. The van der Waals surface area contributed by atoms with E-state index in [-0.39, 0.29) is 25.7 Å². The lowest BCUT2D eigenvalue weighted by Crippen LogP contribution is -2.30. The fourth-order valence-corrected chi connectivity index (χ4v) is 11.4. The second kappa shape index (κ2) is 80.4. The molecule has 0 saturated heterocycles. The number of carbonyl (C=O) groups excluding carboxylic acids is 4. The Bertz CT molecular complexity index is 2950. The highest BCUT2D eigenvalue weighted by Crippen LogP contribution is 2.45. The van der Waals surface area contributed by atoms with Gasteiger partial charge in [0.2, 0.25) is 0 Å². The van der Waals surface area contributed by atoms with Crippen LogP contribution in [0.2, 0.25) is 0 Å². The Kier molecular flexibility index (Phi) is 75.6. The van der Waals surface area contributed by atoms with E-state index in [1.54, 1.807) is 12.2 Å². The van der Waals surface area contributed by atoms with E-state index in [1.807, 2.05) is 24.3 Å². The molecule has 0 aromatic heterocycles. The van der Waals surface area contributed by atoms with Crippen LogP contribution in [-0.4, -0.2) is 96.7 Å². The lowest BCUT2D eigenvalue weighted by molar-refractivity contribution is -0.161. The Balaban J connectivity index is 5.55. The minimum atomic E-state index is -5.03. The third kappa shape index (κ3) is 79.5. The van der Waals surface area contributed by atoms with Crippen molar-refractivity contribution < 1.29 is 80.2 Å². The Hall–Kier alpha value is -6.62. The maximum atomic E-state index is 13.1. The molecule has 0 aromatic rings. The number of aliphatic hydroxyl groups excluding tert-OH is 1. The van der Waals surface area contributed by atoms with Gasteiger partial charge >= 0.3 is 39.5 Å². The van der Waals surface area contributed by atoms with Gasteiger partial charge in [-0.3, -0.25) is 37.3 Å². The fraction of sp³-hybridized carbons (Fsp3) is 0.560. The number of aliphatic hydroxyl groups is 1. The molecule has 0 radical (unpaired) electrons. The van der Waals surface area contributed by atoms with E-state index >= 15 is 0 Å². The van der Waals surface area contributed by atoms with Crippen molar-refractivity contribution in [2.24, 2.45) is 0 Å². The highest BCUT2D eigenvalue weighted by molar-refractivity contribution is 7.47. The lowest BCUT2D eigenvalue weighted by Gasteiger charge is -2.21. The number of allylic oxidation sites excluding steroid dienone is 35. The van der Waals surface area contributed by atoms with Crippen molar-refractivity contribution >= 4 is 39.5 Å². The molecule has 0 amide bonds. The Labute approximate surface area is 664 Å². The maximum Gasteiger partial charge on any atom is 0.472 e. The molecule has 110 heavy (non-hydrogen) atoms. The van der Waals surface area contributed by atoms with Gasteiger partial charge in [-0.2, -0.15) is 0 Å². The summed E-state index contributed by atoms with van der Waals surface area (Å²) in [4.78, 5) is 73.1. The summed E-state index contributed by atoms with van der Waals surface area (Å²) in [5, 5.41) is 10.7. The summed E-state index contributed by atoms with van der Waals surface area (Å²) >= 11 is 0. The SMILES string of the molecule is CC/C=C\C/C=C\C/C=C\C/C=C\C/C=C\CCCCCC(=O)OCC(COP(=O)(O)OCC(O)COP(=O)(O)OCC(COC(=O)CCCCCCCC/C=C\C/C=C\C/C=C\CCCCC)OC(=O)CCC/C=C\C/C=C\C/C=C\C/C=C\C/C=C\CC)OC(=O)C/C=C\C/C=C\C/C=C\C/C=C\C/C=C\CC. The van der Waals surface area contributed by atoms with Gasteiger partial charge < -0.3 is 33.8 Å². The fourth-order valence-electron chi connectivity index (χ4n) is 9.83. The van der Waals surface area contributed by atoms with Crippen molar-refractivity contribution in [2.45, 2.75) is 290 Å². The molecule has 0 bridgehead atoms. The number of esters is 4. The number of ether oxygens (including phenoxy) is 4. The number of rotatable bonds is 74. The quantitative estimate of drug-likeness (QED) is 0.0169. The summed E-state index contributed by atoms with van der Waals surface area (Å²) in [7, 11) is -10.1. The monoisotopic (exact) mass is 1570 g/mol. The number of hydrogen-bond acceptors (Lipinski definition) is 15. The minimum Gasteiger partial charge on any atom is -0.462 e. The molecule has 5 atom stereocenters. The van der Waals surface area contributed by atoms with Gasteiger partial charge in [0.1, 0.15) is 19.3 Å². The number of unbranched alkanes of at least 4 members (excludes halogenated alkanes) is 13. The number of phosphoric acid groups is 2. The third-order valence-electron chi connectivity index (χ3n) is 15.9. The molecule has 0 spiro atoms. The van der Waals surface area contributed by atoms with Crippen LogP contribution in [-0.2, 0) is 65.4 Å². The van der Waals surface area contributed by atoms with Crippen LogP contribution in [0, 0.1) is 0 Å². The molecule has 17 nitrogen and oxygen atoms in total. The summed E-state index contributed by atoms with van der Waals surface area (Å²) in [5.41, 5.74) is 0. The van der Waals surface area contributed by atoms with E-state index in [9.17, 15) is 43.2 Å². The van der Waals surface area contributed by atoms with Gasteiger partial charge in [-0.1, -0.05) is 291 Å². The van der Waals surface area contributed by atoms with Crippen molar-refractivity contribution in [2.75, 3.05) is 39.6 Å². The molecular formula is C91H142O17P2. The lowest BCUT2D eigenvalue weighted by atomic mass is 10.1. The molecule has 618 valence electrons. The Morgan fingerprint density at radius 2 is 0.518 bits per heavy atom. The average Bonchev–Trinajstić information content (AvgIpc) is 0.899. The van der Waals surface area contributed by atoms with E-state index in [0.29, 0.717) is 32.1 Å². The smallest absolute Gasteiger partial charge is 0.462 e. The van der Waals surface area contributed by atoms with Crippen molar-refractivity contribution in [1.82, 2.24) is 0 Å². The first-order chi connectivity index (χ1) is 53.7. The molecule has 5 unspecified atom stereocenters. The molecule has 0 aromatic carbocycles. The summed E-state index contributed by atoms with van der Waals surface area (Å²) < 4.78 is 68.5. The molecule has 0 heterocycles. The summed E-state index contributed by atoms with van der Waals surface area (Å²) in [6, 6.07) is 0. The summed E-state index contributed by atoms with van der Waals surface area (Å²) in [6.45, 7) is 4.24. The van der Waals surface area contributed by atoms with Gasteiger partial charge in [0.15, 0.2) is 12.2 Å². The first kappa shape index (κ1) is 103. The van der Waals surface area contributed by atoms with Gasteiger partial charge in [0.25, 0.3) is 0 Å². The number of hydrogen-bond donors (Lipinski definition) is 3. The van der Waals surface area contributed by atoms with Gasteiger partial charge in [0, 0.05) is 19.3 Å². The van der Waals surface area contributed by atoms with Crippen LogP contribution >= 0.6 is 15.6 Å². The zero-order valence-electron chi connectivity index (χ0n) is 67.6. The molecule has 0 aliphatic heterocycles. The molecule has 3 N–H and O–H groups in total. The second-order valence-electron chi connectivity index (χ2n) is 26.2. The standard InChI is InChI=1S/C91H142O17P2/c1-5-9-13-17-21-25-29-33-37-40-42-45-48-51-55-59-63-67-71-75-88(93)101-81-86(107-90(95)77-73-69-65-61-57-53-47-36-32-28-24-20-16-12-8-4)83-105-109(97,98)103-79-85(92)80-104-110(99,100)106-84-87(108-91(96)78-74-70-66-62-58-54-50-44-39-35-31-27-23-19-15-11-7-3)82-102-89(94)76-72-68-64-60-56-52-49-46-43-41-38-34-30-26-22-18-14-10-6-2/h9,11-13,15-16,21-28,33-39,42-43,45-47,50-51,54-55,57,61-62,66,69,73,85-87,92H,5-8,10,14,17-20,29-32,40-41,44,48-49,52-53,56,58-60,63-65,67-68,70-72,74-84H2,1-4H3,(H,97,98)(H,99,100)/b13-9-,15-11-,16-12-,25-21-,26-22-,27-23-,28-24-,37-33-,38-34-,39-35-,45-42-,46-43-,47-36-,54-50-,55-51-,61-57-,66-62-,73-69-. The molecule has 19 heteroatoms. The first-order valence-electron chi connectivity index (χ1n) is 41.0. The van der Waals surface area contributed by atoms with Crippen LogP contribution in [0.15, 0.2) is 219 Å². The predicted octanol–water partition coefficient (Wildman–Crippen LogP) is 24.4. The van der Waals surface area contributed by atoms with E-state index in [4.69, 9.17) is 37.0 Å². The Morgan fingerprint density at radius 1 is 0.273 bits per heavy atom. The first-order valence-corrected chi connectivity index (χ1v) is 44.0. The predicted molar refractivity (Wildman–Crippen MR) is 454 cm³/mol. The number of carbonyl (C=O) groups is 4. The second-order valence-corrected chi connectivity index (χ2v) is 29.1. The molecule has 0 aliphatic carbocycles. The van der Waals surface area contributed by atoms with Crippen LogP contribution in [0.4, 0.5) is 0 Å². The van der Waals surface area contributed by atoms with E-state index in [1.165, 1.54) is 19.3 Å². The normalized spacial score (nSPS) is 14.9. The average molecular weight is 1570 g/mol. The van der Waals surface area contributed by atoms with Crippen LogP contribution < -0.4 is 0 Å². The van der Waals surface area contributed by atoms with Crippen LogP contribution in [0.1, 0.15) is 272 Å². The zero-order chi connectivity index (χ0) is 80.3. The van der Waals surface area contributed by atoms with E-state index < -0.39 is 97.5 Å². The van der Waals surface area contributed by atoms with E-state index in [2.05, 4.69) is 210 Å². The third-order valence-corrected chi connectivity index (χ3v) is 17.8. The minimum absolute atomic E-state index is 0.00102. The molecule has 0 aliphatic rings. The highest BCUT2D eigenvalue weighted by Gasteiger charge is 2.30. The van der Waals surface area contributed by atoms with Gasteiger partial charge in [-0.05, 0) is 173 Å². The number of phosphoric ester groups is 2. The van der Waals surface area contributed by atoms with Crippen LogP contribution in [0.3, 0.4) is 0 Å². The largest absolute Gasteiger partial charge is 0.472 e. The van der Waals surface area contributed by atoms with Gasteiger partial charge in [-0.25, -0.2) is 9.13 Å². The van der Waals surface area contributed by atoms with Gasteiger partial charge in [0.05, 0.1) is 32.8 Å². The van der Waals surface area contributed by atoms with Crippen molar-refractivity contribution in [3.05, 3.63) is 219 Å². The van der Waals surface area contributed by atoms with E-state index in [0.717, 1.165) is 167 Å². The van der Waals surface area contributed by atoms with Crippen molar-refractivity contribution in [3.63, 3.8) is 0 Å². The molecule has 0 saturated carbocycles. The molecule has 0 fully saturated rings. The summed E-state index contributed by atoms with van der Waals surface area (Å²) in [6.07, 6.45) is 102. The zero-order valence-corrected chi connectivity index (χ0v) is 69.4. The van der Waals surface area contributed by atoms with Gasteiger partial charge in [-0.15, -0.1) is 0 Å². The summed E-state index contributed by atoms with van der Waals surface area (Å²) in [5.74, 6) is -2.47. The van der Waals surface area contributed by atoms with Crippen LogP contribution in [0.5, 0.6) is 0 Å². The Morgan fingerprint density at radius 3 is 0.845 bits per heavy atom. The molecular weight excluding hydrogens is 1430 g/mol. The van der Waals surface area contributed by atoms with Crippen molar-refractivity contribution in [3.8, 4) is 0 Å². The topological polar surface area (TPSA) is 237 Å². The van der Waals surface area contributed by atoms with Crippen molar-refractivity contribution in [1.29, 1.82) is 0 Å².